The average Bonchev–Trinajstić information content (AvgIpc) is 2.94. The molecule has 6 atom stereocenters. The number of carboxylic acids is 7. The summed E-state index contributed by atoms with van der Waals surface area (Å²) in [5.41, 5.74) is 5.32. The van der Waals surface area contributed by atoms with Gasteiger partial charge in [-0.1, -0.05) is 0 Å². The van der Waals surface area contributed by atoms with E-state index in [0.717, 1.165) is 0 Å². The molecule has 0 aromatic carbocycles. The fourth-order valence-corrected chi connectivity index (χ4v) is 3.51. The molecule has 25 heteroatoms. The first-order valence-corrected chi connectivity index (χ1v) is 13.3. The third-order valence-corrected chi connectivity index (χ3v) is 5.80. The predicted molar refractivity (Wildman–Crippen MR) is 149 cm³/mol. The lowest BCUT2D eigenvalue weighted by Crippen LogP contribution is -2.55. The summed E-state index contributed by atoms with van der Waals surface area (Å²) >= 11 is 0. The highest BCUT2D eigenvalue weighted by Crippen LogP contribution is 2.04. The van der Waals surface area contributed by atoms with Crippen LogP contribution in [-0.2, 0) is 57.5 Å². The summed E-state index contributed by atoms with van der Waals surface area (Å²) in [6, 6.07) is -12.3. The molecule has 0 aliphatic rings. The first kappa shape index (κ1) is 42.6. The monoisotopic (exact) mass is 708 g/mol. The Bertz CT molecular complexity index is 1370. The molecule has 0 bridgehead atoms. The van der Waals surface area contributed by atoms with Crippen molar-refractivity contribution < 1.29 is 93.3 Å². The van der Waals surface area contributed by atoms with Gasteiger partial charge in [0.2, 0.25) is 29.5 Å². The van der Waals surface area contributed by atoms with Crippen LogP contribution in [0.1, 0.15) is 38.5 Å². The zero-order valence-electron chi connectivity index (χ0n) is 24.8. The number of rotatable bonds is 23. The van der Waals surface area contributed by atoms with Crippen LogP contribution < -0.4 is 32.3 Å². The Morgan fingerprint density at radius 3 is 0.959 bits per heavy atom. The van der Waals surface area contributed by atoms with Gasteiger partial charge in [0.25, 0.3) is 0 Å². The van der Waals surface area contributed by atoms with Crippen LogP contribution in [0.25, 0.3) is 0 Å². The van der Waals surface area contributed by atoms with Gasteiger partial charge in [0.05, 0.1) is 44.6 Å². The second-order valence-corrected chi connectivity index (χ2v) is 9.85. The van der Waals surface area contributed by atoms with E-state index in [9.17, 15) is 72.9 Å². The summed E-state index contributed by atoms with van der Waals surface area (Å²) < 4.78 is 0. The van der Waals surface area contributed by atoms with E-state index in [1.54, 1.807) is 26.6 Å². The van der Waals surface area contributed by atoms with Crippen LogP contribution in [0.2, 0.25) is 0 Å². The van der Waals surface area contributed by atoms with Crippen LogP contribution in [0, 0.1) is 0 Å². The maximum Gasteiger partial charge on any atom is 0.326 e. The van der Waals surface area contributed by atoms with Crippen molar-refractivity contribution >= 4 is 71.3 Å². The molecule has 0 aliphatic carbocycles. The van der Waals surface area contributed by atoms with Gasteiger partial charge in [-0.3, -0.25) is 38.4 Å². The van der Waals surface area contributed by atoms with Crippen LogP contribution in [0.4, 0.5) is 0 Å². The molecule has 0 rings (SSSR count). The highest BCUT2D eigenvalue weighted by molar-refractivity contribution is 5.97. The third-order valence-electron chi connectivity index (χ3n) is 5.80. The van der Waals surface area contributed by atoms with Gasteiger partial charge in [0.1, 0.15) is 30.2 Å². The Labute approximate surface area is 272 Å². The second kappa shape index (κ2) is 20.0. The molecule has 0 fully saturated rings. The Balaban J connectivity index is 5.63. The summed E-state index contributed by atoms with van der Waals surface area (Å²) in [7, 11) is 0. The maximum absolute atomic E-state index is 12.7. The molecular formula is C24H32N6O19. The summed E-state index contributed by atoms with van der Waals surface area (Å²) in [6.45, 7) is 0. The van der Waals surface area contributed by atoms with Gasteiger partial charge in [-0.25, -0.2) is 19.2 Å². The minimum atomic E-state index is -2.24. The van der Waals surface area contributed by atoms with Gasteiger partial charge in [0, 0.05) is 0 Å². The van der Waals surface area contributed by atoms with Crippen LogP contribution in [-0.4, -0.2) is 143 Å². The van der Waals surface area contributed by atoms with Crippen molar-refractivity contribution in [1.29, 1.82) is 0 Å². The number of carbonyl (C=O) groups is 12. The number of carboxylic acid groups (broad SMARTS) is 7. The van der Waals surface area contributed by atoms with Gasteiger partial charge in [-0.2, -0.15) is 0 Å². The van der Waals surface area contributed by atoms with Crippen LogP contribution in [0.3, 0.4) is 0 Å². The average molecular weight is 709 g/mol. The lowest BCUT2D eigenvalue weighted by Gasteiger charge is -2.22. The summed E-state index contributed by atoms with van der Waals surface area (Å²) in [5.74, 6) is -19.3. The second-order valence-electron chi connectivity index (χ2n) is 9.85. The standard InChI is InChI=1S/C24H32N6O19/c25-7(1-16(34)35)19(40)29-10(22(44)45)3-13(31)26-8(5-17(36)37)20(41)30-11(23(46)47)4-15(33)27-9(21(42)43)2-14(32)28-12(24(48)49)6-18(38)39/h7-12H,1-6,25H2,(H,26,31)(H,27,33)(H,28,32)(H,29,40)(H,30,41)(H,34,35)(H,36,37)(H,38,39)(H,42,43)(H,44,45)(H,46,47)(H,48,49). The van der Waals surface area contributed by atoms with Gasteiger partial charge in [-0.05, 0) is 0 Å². The largest absolute Gasteiger partial charge is 0.481 e. The van der Waals surface area contributed by atoms with E-state index in [4.69, 9.17) is 26.2 Å². The maximum atomic E-state index is 12.7. The van der Waals surface area contributed by atoms with E-state index in [0.29, 0.717) is 0 Å². The molecule has 5 amide bonds. The van der Waals surface area contributed by atoms with Gasteiger partial charge in [-0.15, -0.1) is 0 Å². The van der Waals surface area contributed by atoms with Crippen LogP contribution in [0.5, 0.6) is 0 Å². The highest BCUT2D eigenvalue weighted by Gasteiger charge is 2.33. The van der Waals surface area contributed by atoms with E-state index in [-0.39, 0.29) is 0 Å². The summed E-state index contributed by atoms with van der Waals surface area (Å²) in [4.78, 5) is 140. The first-order chi connectivity index (χ1) is 22.5. The normalized spacial score (nSPS) is 14.1. The minimum absolute atomic E-state index is 0.915. The predicted octanol–water partition coefficient (Wildman–Crippen LogP) is -6.33. The van der Waals surface area contributed by atoms with Gasteiger partial charge in [0.15, 0.2) is 0 Å². The van der Waals surface area contributed by atoms with Crippen molar-refractivity contribution in [3.63, 3.8) is 0 Å². The van der Waals surface area contributed by atoms with Gasteiger partial charge < -0.3 is 68.1 Å². The molecule has 0 saturated carbocycles. The topological polar surface area (TPSA) is 433 Å². The molecule has 14 N–H and O–H groups in total. The zero-order chi connectivity index (χ0) is 38.2. The molecular weight excluding hydrogens is 676 g/mol. The molecule has 272 valence electrons. The number of aliphatic carboxylic acids is 7. The van der Waals surface area contributed by atoms with Gasteiger partial charge >= 0.3 is 41.8 Å². The molecule has 0 aliphatic heterocycles. The van der Waals surface area contributed by atoms with E-state index in [2.05, 4.69) is 0 Å². The van der Waals surface area contributed by atoms with Crippen molar-refractivity contribution in [2.75, 3.05) is 0 Å². The molecule has 0 spiro atoms. The number of nitrogens with one attached hydrogen (secondary N) is 5. The Morgan fingerprint density at radius 2 is 0.633 bits per heavy atom. The van der Waals surface area contributed by atoms with Crippen molar-refractivity contribution in [2.45, 2.75) is 74.8 Å². The van der Waals surface area contributed by atoms with E-state index in [1.165, 1.54) is 0 Å². The first-order valence-electron chi connectivity index (χ1n) is 13.3. The Morgan fingerprint density at radius 1 is 0.367 bits per heavy atom. The number of hydrogen-bond acceptors (Lipinski definition) is 13. The summed E-state index contributed by atoms with van der Waals surface area (Å²) in [6.07, 6.45) is -6.83. The van der Waals surface area contributed by atoms with Crippen LogP contribution >= 0.6 is 0 Å². The smallest absolute Gasteiger partial charge is 0.326 e. The van der Waals surface area contributed by atoms with Crippen LogP contribution in [0.15, 0.2) is 0 Å². The molecule has 0 aromatic heterocycles. The Hall–Kier alpha value is -6.40. The number of carbonyl (C=O) groups excluding carboxylic acids is 5. The molecule has 0 saturated heterocycles. The molecule has 0 aromatic rings. The molecule has 25 nitrogen and oxygen atoms in total. The fourth-order valence-electron chi connectivity index (χ4n) is 3.51. The highest BCUT2D eigenvalue weighted by atomic mass is 16.4. The van der Waals surface area contributed by atoms with Crippen molar-refractivity contribution in [3.05, 3.63) is 0 Å². The SMILES string of the molecule is NC(CC(=O)O)C(=O)NC(CC(=O)NC(CC(=O)O)C(=O)NC(CC(=O)NC(CC(=O)NC(CC(=O)O)C(=O)O)C(=O)O)C(=O)O)C(=O)O. The van der Waals surface area contributed by atoms with E-state index >= 15 is 0 Å². The fraction of sp³-hybridized carbons (Fsp3) is 0.500. The van der Waals surface area contributed by atoms with Crippen molar-refractivity contribution in [2.24, 2.45) is 5.73 Å². The quantitative estimate of drug-likeness (QED) is 0.0469. The number of hydrogen-bond donors (Lipinski definition) is 13. The molecule has 0 heterocycles. The lowest BCUT2D eigenvalue weighted by molar-refractivity contribution is -0.148. The molecule has 49 heavy (non-hydrogen) atoms. The van der Waals surface area contributed by atoms with Crippen molar-refractivity contribution in [1.82, 2.24) is 26.6 Å². The lowest BCUT2D eigenvalue weighted by atomic mass is 10.1. The molecule has 6 unspecified atom stereocenters. The Kier molecular flexibility index (Phi) is 17.4. The number of amides is 5. The van der Waals surface area contributed by atoms with E-state index < -0.39 is 146 Å². The molecule has 0 radical (unpaired) electrons. The summed E-state index contributed by atoms with van der Waals surface area (Å²) in [5, 5.41) is 72.4. The third kappa shape index (κ3) is 17.2. The zero-order valence-corrected chi connectivity index (χ0v) is 24.8. The minimum Gasteiger partial charge on any atom is -0.481 e. The van der Waals surface area contributed by atoms with E-state index in [1.807, 2.05) is 0 Å². The van der Waals surface area contributed by atoms with Crippen molar-refractivity contribution in [3.8, 4) is 0 Å². The number of nitrogens with two attached hydrogens (primary N) is 1.